The van der Waals surface area contributed by atoms with E-state index in [9.17, 15) is 0 Å². The molecule has 0 aromatic carbocycles. The molecule has 0 aliphatic rings. The molecule has 0 aromatic heterocycles. The predicted molar refractivity (Wildman–Crippen MR) is 24.6 cm³/mol. The van der Waals surface area contributed by atoms with Crippen LogP contribution in [0.4, 0.5) is 0 Å². The quantitative estimate of drug-likeness (QED) is 0.438. The topological polar surface area (TPSA) is 0 Å². The molecule has 0 amide bonds. The average Bonchev–Trinajstić information content (AvgIpc) is 0.918. The molecule has 0 aromatic rings. The van der Waals surface area contributed by atoms with Gasteiger partial charge in [-0.05, 0) is 0 Å². The fraction of sp³-hybridized carbons (Fsp3) is 1.00. The van der Waals surface area contributed by atoms with Crippen LogP contribution in [0.15, 0.2) is 0 Å². The number of hydrogen-bond acceptors (Lipinski definition) is 0. The van der Waals surface area contributed by atoms with E-state index in [0.717, 1.165) is 0 Å². The molecule has 0 saturated heterocycles. The van der Waals surface area contributed by atoms with Crippen molar-refractivity contribution < 1.29 is 0 Å². The Bertz CT molecular complexity index is 6.00. The van der Waals surface area contributed by atoms with Crippen molar-refractivity contribution in [2.45, 2.75) is 9.88 Å². The normalized spacial score (nSPS) is 4.50. The fourth-order valence-corrected chi connectivity index (χ4v) is 0. The Labute approximate surface area is 49.7 Å². The van der Waals surface area contributed by atoms with Gasteiger partial charge in [-0.2, -0.15) is 0 Å². The predicted octanol–water partition coefficient (Wildman–Crippen LogP) is 0.138. The minimum absolute atomic E-state index is 0. The maximum atomic E-state index is 2.30. The third-order valence-electron chi connectivity index (χ3n) is 0. The van der Waals surface area contributed by atoms with Gasteiger partial charge in [0.25, 0.3) is 0 Å². The van der Waals surface area contributed by atoms with Crippen LogP contribution in [0.1, 0.15) is 0 Å². The van der Waals surface area contributed by atoms with Crippen LogP contribution >= 0.6 is 0 Å². The number of rotatable bonds is 0. The van der Waals surface area contributed by atoms with E-state index in [-0.39, 0.29) is 40.0 Å². The zero-order valence-corrected chi connectivity index (χ0v) is 5.35. The van der Waals surface area contributed by atoms with Crippen LogP contribution in [0.2, 0.25) is 9.88 Å². The summed E-state index contributed by atoms with van der Waals surface area (Å²) in [5.74, 6) is 0. The third-order valence-corrected chi connectivity index (χ3v) is 0. The summed E-state index contributed by atoms with van der Waals surface area (Å²) in [6.07, 6.45) is 0. The van der Waals surface area contributed by atoms with E-state index in [1.165, 1.54) is 0 Å². The van der Waals surface area contributed by atoms with Gasteiger partial charge in [-0.1, -0.05) is 0 Å². The van der Waals surface area contributed by atoms with E-state index in [4.69, 9.17) is 0 Å². The van der Waals surface area contributed by atoms with Crippen LogP contribution in [-0.4, -0.2) is 40.0 Å². The van der Waals surface area contributed by atoms with Crippen LogP contribution in [0.3, 0.4) is 0 Å². The maximum absolute atomic E-state index is 2.30. The Balaban J connectivity index is 0. The average molecular weight is 157 g/mol. The molecule has 20 valence electrons. The molecule has 0 heterocycles. The van der Waals surface area contributed by atoms with E-state index in [2.05, 4.69) is 9.88 Å². The molecule has 2 radical (unpaired) electrons. The molecule has 0 N–H and O–H groups in total. The third kappa shape index (κ3) is 10.0. The zero-order chi connectivity index (χ0) is 2.71. The van der Waals surface area contributed by atoms with Gasteiger partial charge in [-0.15, -0.1) is 0 Å². The first-order valence-corrected chi connectivity index (χ1v) is 6.71. The molecule has 4 heavy (non-hydrogen) atoms. The molecule has 0 rings (SSSR count). The standard InChI is InChI=1S/2CH3.Li.Sn.H/h2*1H3;;;. The Kier molecular flexibility index (Phi) is 20.0. The molecular weight excluding hydrogens is 150 g/mol. The van der Waals surface area contributed by atoms with Gasteiger partial charge in [-0.3, -0.25) is 0 Å². The van der Waals surface area contributed by atoms with Crippen LogP contribution in [0.25, 0.3) is 0 Å². The first-order chi connectivity index (χ1) is 1.41. The van der Waals surface area contributed by atoms with Crippen molar-refractivity contribution in [1.29, 1.82) is 0 Å². The van der Waals surface area contributed by atoms with E-state index in [1.807, 2.05) is 0 Å². The molecule has 0 saturated carbocycles. The van der Waals surface area contributed by atoms with Gasteiger partial charge in [0.15, 0.2) is 0 Å². The second kappa shape index (κ2) is 8.83. The van der Waals surface area contributed by atoms with E-state index < -0.39 is 0 Å². The van der Waals surface area contributed by atoms with Gasteiger partial charge in [0.05, 0.1) is 0 Å². The van der Waals surface area contributed by atoms with Gasteiger partial charge >= 0.3 is 49.9 Å². The molecule has 0 atom stereocenters. The SMILES string of the molecule is [CH3][Sn][CH3].[LiH]. The molecule has 0 spiro atoms. The monoisotopic (exact) mass is 158 g/mol. The van der Waals surface area contributed by atoms with Crippen molar-refractivity contribution in [2.75, 3.05) is 0 Å². The van der Waals surface area contributed by atoms with Gasteiger partial charge < -0.3 is 0 Å². The molecule has 0 bridgehead atoms. The van der Waals surface area contributed by atoms with Crippen molar-refractivity contribution in [3.63, 3.8) is 0 Å². The summed E-state index contributed by atoms with van der Waals surface area (Å²) < 4.78 is 0. The minimum atomic E-state index is 0. The molecule has 2 heteroatoms. The summed E-state index contributed by atoms with van der Waals surface area (Å²) in [7, 11) is 0. The van der Waals surface area contributed by atoms with Crippen LogP contribution < -0.4 is 0 Å². The Morgan fingerprint density at radius 3 is 1.25 bits per heavy atom. The molecule has 0 fully saturated rings. The Morgan fingerprint density at radius 2 is 1.25 bits per heavy atom. The molecule has 0 nitrogen and oxygen atoms in total. The van der Waals surface area contributed by atoms with Gasteiger partial charge in [0, 0.05) is 0 Å². The summed E-state index contributed by atoms with van der Waals surface area (Å²) in [5, 5.41) is 0. The van der Waals surface area contributed by atoms with Crippen LogP contribution in [0.5, 0.6) is 0 Å². The Morgan fingerprint density at radius 1 is 1.25 bits per heavy atom. The summed E-state index contributed by atoms with van der Waals surface area (Å²) in [5.41, 5.74) is 0. The Hall–Kier alpha value is 1.40. The van der Waals surface area contributed by atoms with E-state index >= 15 is 0 Å². The van der Waals surface area contributed by atoms with Crippen LogP contribution in [0, 0.1) is 0 Å². The first-order valence-electron chi connectivity index (χ1n) is 1.00. The van der Waals surface area contributed by atoms with Crippen LogP contribution in [-0.2, 0) is 0 Å². The summed E-state index contributed by atoms with van der Waals surface area (Å²) in [6.45, 7) is 0. The van der Waals surface area contributed by atoms with Crippen molar-refractivity contribution in [2.24, 2.45) is 0 Å². The van der Waals surface area contributed by atoms with Gasteiger partial charge in [0.1, 0.15) is 0 Å². The van der Waals surface area contributed by atoms with Crippen molar-refractivity contribution in [3.05, 3.63) is 0 Å². The summed E-state index contributed by atoms with van der Waals surface area (Å²) in [6, 6.07) is 0. The molecular formula is C2H7LiSn. The first kappa shape index (κ1) is 9.04. The zero-order valence-electron chi connectivity index (χ0n) is 2.50. The molecule has 0 aliphatic heterocycles. The van der Waals surface area contributed by atoms with E-state index in [1.54, 1.807) is 0 Å². The van der Waals surface area contributed by atoms with Crippen molar-refractivity contribution >= 4 is 40.0 Å². The number of hydrogen-bond donors (Lipinski definition) is 0. The summed E-state index contributed by atoms with van der Waals surface area (Å²) >= 11 is 0.230. The second-order valence-electron chi connectivity index (χ2n) is 0.500. The van der Waals surface area contributed by atoms with Crippen molar-refractivity contribution in [1.82, 2.24) is 0 Å². The van der Waals surface area contributed by atoms with Gasteiger partial charge in [0.2, 0.25) is 0 Å². The van der Waals surface area contributed by atoms with Gasteiger partial charge in [-0.25, -0.2) is 0 Å². The summed E-state index contributed by atoms with van der Waals surface area (Å²) in [4.78, 5) is 4.59. The van der Waals surface area contributed by atoms with Crippen molar-refractivity contribution in [3.8, 4) is 0 Å². The van der Waals surface area contributed by atoms with E-state index in [0.29, 0.717) is 0 Å². The molecule has 0 aliphatic carbocycles. The fourth-order valence-electron chi connectivity index (χ4n) is 0. The molecule has 0 unspecified atom stereocenters. The second-order valence-corrected chi connectivity index (χ2v) is 3.35.